The lowest BCUT2D eigenvalue weighted by Gasteiger charge is -2.20. The van der Waals surface area contributed by atoms with E-state index in [0.717, 1.165) is 38.9 Å². The van der Waals surface area contributed by atoms with E-state index < -0.39 is 0 Å². The second kappa shape index (κ2) is 12.0. The summed E-state index contributed by atoms with van der Waals surface area (Å²) in [5, 5.41) is 0. The van der Waals surface area contributed by atoms with Gasteiger partial charge in [0.2, 0.25) is 0 Å². The number of hydrogen-bond donors (Lipinski definition) is 0. The Morgan fingerprint density at radius 2 is 1.00 bits per heavy atom. The predicted molar refractivity (Wildman–Crippen MR) is 142 cm³/mol. The number of benzene rings is 2. The van der Waals surface area contributed by atoms with E-state index in [2.05, 4.69) is 110 Å². The van der Waals surface area contributed by atoms with Crippen LogP contribution in [0.3, 0.4) is 0 Å². The van der Waals surface area contributed by atoms with E-state index in [-0.39, 0.29) is 10.8 Å². The van der Waals surface area contributed by atoms with E-state index >= 15 is 0 Å². The van der Waals surface area contributed by atoms with Crippen LogP contribution in [-0.2, 0) is 28.4 Å². The Kier molecular flexibility index (Phi) is 10.3. The lowest BCUT2D eigenvalue weighted by Crippen LogP contribution is -2.11. The molecular formula is C28H40Br2O. The zero-order valence-electron chi connectivity index (χ0n) is 20.3. The maximum atomic E-state index is 5.87. The van der Waals surface area contributed by atoms with Gasteiger partial charge in [0.1, 0.15) is 0 Å². The Labute approximate surface area is 207 Å². The van der Waals surface area contributed by atoms with Gasteiger partial charge in [-0.05, 0) is 83.7 Å². The summed E-state index contributed by atoms with van der Waals surface area (Å²) in [6.07, 6.45) is 6.78. The van der Waals surface area contributed by atoms with Crippen LogP contribution in [0.2, 0.25) is 0 Å². The van der Waals surface area contributed by atoms with Crippen molar-refractivity contribution in [2.75, 3.05) is 13.2 Å². The summed E-state index contributed by atoms with van der Waals surface area (Å²) in [5.41, 5.74) is 5.95. The van der Waals surface area contributed by atoms with Gasteiger partial charge in [0.15, 0.2) is 0 Å². The van der Waals surface area contributed by atoms with Gasteiger partial charge in [-0.1, -0.05) is 97.7 Å². The van der Waals surface area contributed by atoms with E-state index in [1.807, 2.05) is 0 Å². The Bertz CT molecular complexity index is 758. The average molecular weight is 552 g/mol. The van der Waals surface area contributed by atoms with Gasteiger partial charge in [0, 0.05) is 22.2 Å². The third-order valence-electron chi connectivity index (χ3n) is 5.81. The minimum atomic E-state index is 0.195. The maximum Gasteiger partial charge on any atom is 0.0466 e. The normalized spacial score (nSPS) is 12.4. The molecule has 172 valence electrons. The molecule has 0 aliphatic rings. The first-order chi connectivity index (χ1) is 14.5. The fraction of sp³-hybridized carbons (Fsp3) is 0.571. The lowest BCUT2D eigenvalue weighted by atomic mass is 9.86. The molecule has 0 aliphatic carbocycles. The molecule has 2 aromatic rings. The first-order valence-corrected chi connectivity index (χ1v) is 13.2. The minimum Gasteiger partial charge on any atom is -0.381 e. The summed E-state index contributed by atoms with van der Waals surface area (Å²) < 4.78 is 8.35. The van der Waals surface area contributed by atoms with Gasteiger partial charge in [0.25, 0.3) is 0 Å². The highest BCUT2D eigenvalue weighted by Crippen LogP contribution is 2.29. The second-order valence-corrected chi connectivity index (χ2v) is 12.3. The van der Waals surface area contributed by atoms with Crippen molar-refractivity contribution < 1.29 is 4.74 Å². The molecular weight excluding hydrogens is 512 g/mol. The summed E-state index contributed by atoms with van der Waals surface area (Å²) in [5.74, 6) is 0. The SMILES string of the molecule is CC(C)(C)c1ccc(CCCCOCCCCc2ccc(C(C)(C)C)cc2Br)c(Br)c1. The maximum absolute atomic E-state index is 5.87. The van der Waals surface area contributed by atoms with E-state index in [0.29, 0.717) is 0 Å². The molecule has 0 fully saturated rings. The van der Waals surface area contributed by atoms with Crippen molar-refractivity contribution in [2.24, 2.45) is 0 Å². The van der Waals surface area contributed by atoms with Crippen molar-refractivity contribution in [2.45, 2.75) is 90.9 Å². The molecule has 0 bridgehead atoms. The molecule has 0 radical (unpaired) electrons. The van der Waals surface area contributed by atoms with Crippen LogP contribution in [0.15, 0.2) is 45.3 Å². The molecule has 0 unspecified atom stereocenters. The van der Waals surface area contributed by atoms with Gasteiger partial charge < -0.3 is 4.74 Å². The van der Waals surface area contributed by atoms with Crippen molar-refractivity contribution in [3.63, 3.8) is 0 Å². The molecule has 3 heteroatoms. The van der Waals surface area contributed by atoms with Crippen LogP contribution in [0.4, 0.5) is 0 Å². The summed E-state index contributed by atoms with van der Waals surface area (Å²) >= 11 is 7.51. The molecule has 0 heterocycles. The molecule has 0 N–H and O–H groups in total. The first kappa shape index (κ1) is 26.6. The molecule has 1 nitrogen and oxygen atoms in total. The standard InChI is InChI=1S/C28H40Br2O/c1-27(2,3)23-15-13-21(25(29)19-23)11-7-9-17-31-18-10-8-12-22-14-16-24(20-26(22)30)28(4,5)6/h13-16,19-20H,7-12,17-18H2,1-6H3. The monoisotopic (exact) mass is 550 g/mol. The smallest absolute Gasteiger partial charge is 0.0466 e. The highest BCUT2D eigenvalue weighted by Gasteiger charge is 2.15. The van der Waals surface area contributed by atoms with Gasteiger partial charge in [-0.3, -0.25) is 0 Å². The highest BCUT2D eigenvalue weighted by atomic mass is 79.9. The number of aryl methyl sites for hydroxylation is 2. The Hall–Kier alpha value is -0.640. The summed E-state index contributed by atoms with van der Waals surface area (Å²) in [7, 11) is 0. The Morgan fingerprint density at radius 3 is 1.32 bits per heavy atom. The quantitative estimate of drug-likeness (QED) is 0.267. The van der Waals surface area contributed by atoms with Crippen LogP contribution in [0, 0.1) is 0 Å². The van der Waals surface area contributed by atoms with Crippen molar-refractivity contribution in [3.8, 4) is 0 Å². The summed E-state index contributed by atoms with van der Waals surface area (Å²) in [6, 6.07) is 13.6. The average Bonchev–Trinajstić information content (AvgIpc) is 2.67. The van der Waals surface area contributed by atoms with Gasteiger partial charge in [-0.25, -0.2) is 0 Å². The fourth-order valence-electron chi connectivity index (χ4n) is 3.57. The highest BCUT2D eigenvalue weighted by molar-refractivity contribution is 9.10. The molecule has 31 heavy (non-hydrogen) atoms. The largest absolute Gasteiger partial charge is 0.381 e. The van der Waals surface area contributed by atoms with E-state index in [1.165, 1.54) is 44.0 Å². The van der Waals surface area contributed by atoms with E-state index in [1.54, 1.807) is 0 Å². The van der Waals surface area contributed by atoms with Crippen molar-refractivity contribution in [1.82, 2.24) is 0 Å². The van der Waals surface area contributed by atoms with Crippen LogP contribution < -0.4 is 0 Å². The molecule has 0 saturated carbocycles. The first-order valence-electron chi connectivity index (χ1n) is 11.6. The van der Waals surface area contributed by atoms with Crippen molar-refractivity contribution in [3.05, 3.63) is 67.6 Å². The van der Waals surface area contributed by atoms with Crippen molar-refractivity contribution in [1.29, 1.82) is 0 Å². The Morgan fingerprint density at radius 1 is 0.613 bits per heavy atom. The van der Waals surface area contributed by atoms with Gasteiger partial charge >= 0.3 is 0 Å². The molecule has 0 atom stereocenters. The topological polar surface area (TPSA) is 9.23 Å². The van der Waals surface area contributed by atoms with Crippen LogP contribution in [-0.4, -0.2) is 13.2 Å². The third-order valence-corrected chi connectivity index (χ3v) is 7.28. The molecule has 0 aliphatic heterocycles. The Balaban J connectivity index is 1.59. The number of rotatable bonds is 10. The van der Waals surface area contributed by atoms with Gasteiger partial charge in [-0.2, -0.15) is 0 Å². The molecule has 0 aromatic heterocycles. The molecule has 0 amide bonds. The second-order valence-electron chi connectivity index (χ2n) is 10.6. The zero-order valence-corrected chi connectivity index (χ0v) is 23.5. The van der Waals surface area contributed by atoms with E-state index in [4.69, 9.17) is 4.74 Å². The van der Waals surface area contributed by atoms with E-state index in [9.17, 15) is 0 Å². The molecule has 2 rings (SSSR count). The minimum absolute atomic E-state index is 0.195. The molecule has 2 aromatic carbocycles. The fourth-order valence-corrected chi connectivity index (χ4v) is 4.73. The number of hydrogen-bond acceptors (Lipinski definition) is 1. The summed E-state index contributed by atoms with van der Waals surface area (Å²) in [4.78, 5) is 0. The van der Waals surface area contributed by atoms with Crippen molar-refractivity contribution >= 4 is 31.9 Å². The van der Waals surface area contributed by atoms with Crippen LogP contribution in [0.25, 0.3) is 0 Å². The zero-order chi connectivity index (χ0) is 23.1. The number of ether oxygens (including phenoxy) is 1. The number of halogens is 2. The van der Waals surface area contributed by atoms with Gasteiger partial charge in [-0.15, -0.1) is 0 Å². The predicted octanol–water partition coefficient (Wildman–Crippen LogP) is 9.17. The van der Waals surface area contributed by atoms with Gasteiger partial charge in [0.05, 0.1) is 0 Å². The lowest BCUT2D eigenvalue weighted by molar-refractivity contribution is 0.127. The third kappa shape index (κ3) is 9.02. The summed E-state index contributed by atoms with van der Waals surface area (Å²) in [6.45, 7) is 15.3. The molecule has 0 spiro atoms. The van der Waals surface area contributed by atoms with Crippen LogP contribution in [0.1, 0.15) is 89.5 Å². The van der Waals surface area contributed by atoms with Crippen LogP contribution >= 0.6 is 31.9 Å². The molecule has 0 saturated heterocycles. The van der Waals surface area contributed by atoms with Crippen LogP contribution in [0.5, 0.6) is 0 Å². The number of unbranched alkanes of at least 4 members (excludes halogenated alkanes) is 2.